The van der Waals surface area contributed by atoms with Crippen LogP contribution in [0.15, 0.2) is 175 Å². The van der Waals surface area contributed by atoms with Gasteiger partial charge in [0.05, 0.1) is 36.5 Å². The maximum Gasteiger partial charge on any atom is 0.0850 e. The molecule has 4 nitrogen and oxygen atoms in total. The minimum Gasteiger partial charge on any atom is -0.373 e. The van der Waals surface area contributed by atoms with Crippen LogP contribution in [0.4, 0.5) is 0 Å². The van der Waals surface area contributed by atoms with Crippen LogP contribution in [0.2, 0.25) is 0 Å². The summed E-state index contributed by atoms with van der Waals surface area (Å²) in [6.07, 6.45) is 16.9. The van der Waals surface area contributed by atoms with Crippen molar-refractivity contribution in [2.24, 2.45) is 17.8 Å². The lowest BCUT2D eigenvalue weighted by molar-refractivity contribution is 0.407. The molecule has 0 amide bonds. The van der Waals surface area contributed by atoms with E-state index in [1.54, 1.807) is 5.56 Å². The lowest BCUT2D eigenvalue weighted by atomic mass is 9.75. The number of hydrogen-bond acceptors (Lipinski definition) is 2. The van der Waals surface area contributed by atoms with Crippen molar-refractivity contribution in [2.75, 3.05) is 13.2 Å². The predicted molar refractivity (Wildman–Crippen MR) is 268 cm³/mol. The van der Waals surface area contributed by atoms with Gasteiger partial charge in [-0.05, 0) is 130 Å². The fourth-order valence-electron chi connectivity index (χ4n) is 12.9. The molecule has 0 bridgehead atoms. The molecule has 4 heterocycles. The molecular weight excluding hydrogens is 805 g/mol. The number of benzene rings is 6. The van der Waals surface area contributed by atoms with Gasteiger partial charge in [-0.15, -0.1) is 0 Å². The van der Waals surface area contributed by atoms with Gasteiger partial charge in [-0.3, -0.25) is 0 Å². The summed E-state index contributed by atoms with van der Waals surface area (Å²) < 4.78 is 16.7. The molecule has 8 atom stereocenters. The smallest absolute Gasteiger partial charge is 0.0850 e. The Morgan fingerprint density at radius 2 is 1.24 bits per heavy atom. The van der Waals surface area contributed by atoms with Gasteiger partial charge in [-0.2, -0.15) is 0 Å². The van der Waals surface area contributed by atoms with Gasteiger partial charge in [0.1, 0.15) is 0 Å². The van der Waals surface area contributed by atoms with Gasteiger partial charge in [0.15, 0.2) is 0 Å². The Kier molecular flexibility index (Phi) is 8.83. The zero-order chi connectivity index (χ0) is 43.6. The van der Waals surface area contributed by atoms with Crippen LogP contribution in [0.3, 0.4) is 0 Å². The Labute approximate surface area is 387 Å². The van der Waals surface area contributed by atoms with E-state index in [4.69, 9.17) is 9.47 Å². The number of allylic oxidation sites excluding steroid dienone is 6. The Balaban J connectivity index is 0.941. The fraction of sp³-hybridized carbons (Fsp3) is 0.258. The second-order valence-corrected chi connectivity index (χ2v) is 20.4. The molecule has 8 aromatic rings. The maximum absolute atomic E-state index is 5.74. The molecule has 2 fully saturated rings. The van der Waals surface area contributed by atoms with Crippen molar-refractivity contribution in [1.29, 1.82) is 0 Å². The highest BCUT2D eigenvalue weighted by Gasteiger charge is 2.46. The van der Waals surface area contributed by atoms with Crippen LogP contribution >= 0.6 is 0 Å². The second-order valence-electron chi connectivity index (χ2n) is 20.4. The first kappa shape index (κ1) is 38.8. The molecule has 14 rings (SSSR count). The van der Waals surface area contributed by atoms with Crippen molar-refractivity contribution in [2.45, 2.75) is 69.5 Å². The van der Waals surface area contributed by atoms with Crippen LogP contribution in [0, 0.1) is 17.8 Å². The van der Waals surface area contributed by atoms with Gasteiger partial charge < -0.3 is 18.6 Å². The van der Waals surface area contributed by atoms with Crippen molar-refractivity contribution >= 4 is 21.8 Å². The summed E-state index contributed by atoms with van der Waals surface area (Å²) in [5.41, 5.74) is 21.7. The third kappa shape index (κ3) is 6.25. The number of hydrogen-bond donors (Lipinski definition) is 0. The monoisotopic (exact) mass is 858 g/mol. The average molecular weight is 859 g/mol. The molecule has 66 heavy (non-hydrogen) atoms. The maximum atomic E-state index is 5.74. The number of nitrogens with zero attached hydrogens (tertiary/aromatic N) is 2. The number of aromatic nitrogens is 2. The summed E-state index contributed by atoms with van der Waals surface area (Å²) in [7, 11) is 0. The number of fused-ring (bicyclic) bond motifs is 10. The van der Waals surface area contributed by atoms with Crippen molar-refractivity contribution < 1.29 is 9.47 Å². The average Bonchev–Trinajstić information content (AvgIpc) is 4.23. The molecule has 0 radical (unpaired) electrons. The number of epoxide rings is 2. The van der Waals surface area contributed by atoms with Crippen LogP contribution < -0.4 is 0 Å². The van der Waals surface area contributed by atoms with Crippen LogP contribution in [-0.2, 0) is 22.3 Å². The SMILES string of the molecule is CC1C=CC=C(C2c3ccccc3-c3c2n(-c2cccc(-c4cccc(-n5c6c(c7cc(CC8CO8)ccc75)C5CC(C)C=CC5C6c5ccccc5)c4)c2)c2ccc(CC4CO4)cc32)C1. The highest BCUT2D eigenvalue weighted by Crippen LogP contribution is 2.59. The van der Waals surface area contributed by atoms with E-state index >= 15 is 0 Å². The summed E-state index contributed by atoms with van der Waals surface area (Å²) in [6, 6.07) is 53.7. The molecule has 6 aromatic carbocycles. The van der Waals surface area contributed by atoms with Gasteiger partial charge in [0, 0.05) is 63.8 Å². The largest absolute Gasteiger partial charge is 0.373 e. The Morgan fingerprint density at radius 1 is 0.591 bits per heavy atom. The van der Waals surface area contributed by atoms with Crippen LogP contribution in [0.1, 0.15) is 83.6 Å². The topological polar surface area (TPSA) is 34.9 Å². The summed E-state index contributed by atoms with van der Waals surface area (Å²) in [5.74, 6) is 2.39. The van der Waals surface area contributed by atoms with Gasteiger partial charge >= 0.3 is 0 Å². The van der Waals surface area contributed by atoms with E-state index in [9.17, 15) is 0 Å². The number of rotatable bonds is 9. The highest BCUT2D eigenvalue weighted by atomic mass is 16.6. The molecule has 8 unspecified atom stereocenters. The summed E-state index contributed by atoms with van der Waals surface area (Å²) >= 11 is 0. The highest BCUT2D eigenvalue weighted by molar-refractivity contribution is 6.04. The Hall–Kier alpha value is -6.46. The number of ether oxygens (including phenoxy) is 2. The molecule has 4 aliphatic carbocycles. The van der Waals surface area contributed by atoms with Crippen molar-refractivity contribution in [3.8, 4) is 33.6 Å². The minimum absolute atomic E-state index is 0.179. The van der Waals surface area contributed by atoms with Crippen LogP contribution in [-0.4, -0.2) is 34.6 Å². The zero-order valence-electron chi connectivity index (χ0n) is 37.7. The lowest BCUT2D eigenvalue weighted by Crippen LogP contribution is -2.18. The van der Waals surface area contributed by atoms with Crippen molar-refractivity contribution in [3.63, 3.8) is 0 Å². The van der Waals surface area contributed by atoms with Crippen molar-refractivity contribution in [1.82, 2.24) is 9.13 Å². The van der Waals surface area contributed by atoms with Gasteiger partial charge in [-0.25, -0.2) is 0 Å². The van der Waals surface area contributed by atoms with Gasteiger partial charge in [-0.1, -0.05) is 141 Å². The van der Waals surface area contributed by atoms with E-state index in [0.717, 1.165) is 32.5 Å². The van der Waals surface area contributed by atoms with E-state index in [-0.39, 0.29) is 11.8 Å². The van der Waals surface area contributed by atoms with Gasteiger partial charge in [0.2, 0.25) is 0 Å². The molecular formula is C62H54N2O2. The zero-order valence-corrected chi connectivity index (χ0v) is 37.7. The molecule has 0 spiro atoms. The molecule has 2 aliphatic heterocycles. The third-order valence-corrected chi connectivity index (χ3v) is 15.9. The van der Waals surface area contributed by atoms with E-state index < -0.39 is 0 Å². The molecule has 4 heteroatoms. The third-order valence-electron chi connectivity index (χ3n) is 15.9. The summed E-state index contributed by atoms with van der Waals surface area (Å²) in [5, 5.41) is 2.76. The fourth-order valence-corrected chi connectivity index (χ4v) is 12.9. The molecule has 0 N–H and O–H groups in total. The first-order chi connectivity index (χ1) is 32.5. The molecule has 2 aromatic heterocycles. The van der Waals surface area contributed by atoms with Gasteiger partial charge in [0.25, 0.3) is 0 Å². The van der Waals surface area contributed by atoms with E-state index in [2.05, 4.69) is 193 Å². The standard InChI is InChI=1S/C62H54N2O2/c1-37-11-8-16-44(27-37)58-49-19-6-7-20-50(49)59-53-31-39(29-47-35-65-47)22-25-55(53)64(62(58)59)46-18-10-15-43(34-46)42-14-9-17-45(33-42)63-56-26-23-40(30-48-36-66-48)32-54(56)60-52-28-38(2)21-24-51(52)57(61(60)63)41-12-4-3-5-13-41/h3-26,31-34,37-38,47-48,51-52,57-58H,27-30,35-36H2,1-2H3. The molecule has 2 saturated heterocycles. The van der Waals surface area contributed by atoms with Crippen LogP contribution in [0.5, 0.6) is 0 Å². The van der Waals surface area contributed by atoms with Crippen molar-refractivity contribution in [3.05, 3.63) is 215 Å². The predicted octanol–water partition coefficient (Wildman–Crippen LogP) is 14.2. The molecule has 324 valence electrons. The lowest BCUT2D eigenvalue weighted by Gasteiger charge is -2.30. The molecule has 6 aliphatic rings. The van der Waals surface area contributed by atoms with Crippen LogP contribution in [0.25, 0.3) is 55.4 Å². The second kappa shape index (κ2) is 15.0. The Bertz CT molecular complexity index is 3350. The molecule has 0 saturated carbocycles. The van der Waals surface area contributed by atoms with E-state index in [0.29, 0.717) is 35.9 Å². The first-order valence-electron chi connectivity index (χ1n) is 24.5. The van der Waals surface area contributed by atoms with E-state index in [1.165, 1.54) is 101 Å². The van der Waals surface area contributed by atoms with E-state index in [1.807, 2.05) is 0 Å². The first-order valence-corrected chi connectivity index (χ1v) is 24.5. The normalized spacial score (nSPS) is 25.5. The summed E-state index contributed by atoms with van der Waals surface area (Å²) in [6.45, 7) is 6.48. The minimum atomic E-state index is 0.179. The Morgan fingerprint density at radius 3 is 1.94 bits per heavy atom. The summed E-state index contributed by atoms with van der Waals surface area (Å²) in [4.78, 5) is 0. The quantitative estimate of drug-likeness (QED) is 0.107.